The van der Waals surface area contributed by atoms with Gasteiger partial charge in [0.2, 0.25) is 0 Å². The van der Waals surface area contributed by atoms with E-state index >= 15 is 0 Å². The van der Waals surface area contributed by atoms with Gasteiger partial charge in [-0.05, 0) is 28.1 Å². The fourth-order valence-corrected chi connectivity index (χ4v) is 1.19. The lowest BCUT2D eigenvalue weighted by Crippen LogP contribution is -1.88. The van der Waals surface area contributed by atoms with Crippen molar-refractivity contribution < 1.29 is 8.78 Å². The molecule has 0 N–H and O–H groups in total. The van der Waals surface area contributed by atoms with Gasteiger partial charge in [0, 0.05) is 5.56 Å². The van der Waals surface area contributed by atoms with Gasteiger partial charge in [-0.2, -0.15) is 0 Å². The molecule has 1 aromatic rings. The Morgan fingerprint density at radius 3 is 2.45 bits per heavy atom. The first-order chi connectivity index (χ1) is 5.15. The van der Waals surface area contributed by atoms with E-state index in [-0.39, 0.29) is 15.9 Å². The second kappa shape index (κ2) is 3.50. The molecule has 60 valence electrons. The molecule has 0 atom stereocenters. The highest BCUT2D eigenvalue weighted by Crippen LogP contribution is 2.20. The highest BCUT2D eigenvalue weighted by molar-refractivity contribution is 9.10. The average Bonchev–Trinajstić information content (AvgIpc) is 1.97. The molecule has 0 bridgehead atoms. The lowest BCUT2D eigenvalue weighted by atomic mass is 10.2. The van der Waals surface area contributed by atoms with Crippen LogP contribution in [0.5, 0.6) is 0 Å². The average molecular weight is 241 g/mol. The Labute approximate surface area is 76.3 Å². The van der Waals surface area contributed by atoms with Crippen molar-refractivity contribution in [1.29, 1.82) is 0 Å². The fourth-order valence-electron chi connectivity index (χ4n) is 0.666. The first kappa shape index (κ1) is 8.94. The van der Waals surface area contributed by atoms with E-state index in [9.17, 15) is 8.78 Å². The normalized spacial score (nSPS) is 10.2. The van der Waals surface area contributed by atoms with Gasteiger partial charge in [-0.25, -0.2) is 8.78 Å². The lowest BCUT2D eigenvalue weighted by molar-refractivity contribution is 0.586. The number of rotatable bonds is 1. The van der Waals surface area contributed by atoms with Gasteiger partial charge in [0.05, 0.1) is 10.4 Å². The van der Waals surface area contributed by atoms with E-state index in [0.29, 0.717) is 0 Å². The topological polar surface area (TPSA) is 0 Å². The van der Waals surface area contributed by atoms with Crippen molar-refractivity contribution in [2.24, 2.45) is 0 Å². The number of alkyl halides is 1. The van der Waals surface area contributed by atoms with Gasteiger partial charge in [0.15, 0.2) is 0 Å². The van der Waals surface area contributed by atoms with Crippen LogP contribution in [0.15, 0.2) is 16.6 Å². The monoisotopic (exact) mass is 240 g/mol. The van der Waals surface area contributed by atoms with Crippen LogP contribution in [-0.4, -0.2) is 0 Å². The van der Waals surface area contributed by atoms with Crippen molar-refractivity contribution in [3.63, 3.8) is 0 Å². The summed E-state index contributed by atoms with van der Waals surface area (Å²) in [5.74, 6) is -1.01. The van der Waals surface area contributed by atoms with Gasteiger partial charge in [0.25, 0.3) is 0 Å². The van der Waals surface area contributed by atoms with Crippen LogP contribution in [0.3, 0.4) is 0 Å². The maximum Gasteiger partial charge on any atom is 0.137 e. The van der Waals surface area contributed by atoms with Crippen molar-refractivity contribution in [3.8, 4) is 0 Å². The molecule has 0 nitrogen and oxygen atoms in total. The van der Waals surface area contributed by atoms with Crippen LogP contribution >= 0.6 is 27.5 Å². The molecular formula is C7H4BrClF2. The lowest BCUT2D eigenvalue weighted by Gasteiger charge is -1.99. The molecular weight excluding hydrogens is 237 g/mol. The van der Waals surface area contributed by atoms with Crippen molar-refractivity contribution in [2.45, 2.75) is 5.88 Å². The van der Waals surface area contributed by atoms with Crippen molar-refractivity contribution in [1.82, 2.24) is 0 Å². The summed E-state index contributed by atoms with van der Waals surface area (Å²) in [6.07, 6.45) is 0. The summed E-state index contributed by atoms with van der Waals surface area (Å²) < 4.78 is 25.5. The zero-order valence-corrected chi connectivity index (χ0v) is 7.72. The number of benzene rings is 1. The van der Waals surface area contributed by atoms with E-state index in [4.69, 9.17) is 11.6 Å². The Bertz CT molecular complexity index is 275. The van der Waals surface area contributed by atoms with Gasteiger partial charge in [-0.1, -0.05) is 0 Å². The van der Waals surface area contributed by atoms with Gasteiger partial charge in [-0.15, -0.1) is 11.6 Å². The highest BCUT2D eigenvalue weighted by atomic mass is 79.9. The molecule has 1 rings (SSSR count). The van der Waals surface area contributed by atoms with Crippen LogP contribution in [-0.2, 0) is 5.88 Å². The van der Waals surface area contributed by atoms with Gasteiger partial charge < -0.3 is 0 Å². The number of halogens is 4. The summed E-state index contributed by atoms with van der Waals surface area (Å²) in [7, 11) is 0. The minimum atomic E-state index is -0.498. The predicted molar refractivity (Wildman–Crippen MR) is 43.6 cm³/mol. The third-order valence-corrected chi connectivity index (χ3v) is 2.13. The zero-order chi connectivity index (χ0) is 8.43. The van der Waals surface area contributed by atoms with Crippen molar-refractivity contribution >= 4 is 27.5 Å². The third-order valence-electron chi connectivity index (χ3n) is 1.23. The summed E-state index contributed by atoms with van der Waals surface area (Å²) in [6.45, 7) is 0. The van der Waals surface area contributed by atoms with Crippen LogP contribution in [0.25, 0.3) is 0 Å². The van der Waals surface area contributed by atoms with Gasteiger partial charge in [0.1, 0.15) is 11.6 Å². The standard InChI is InChI=1S/C7H4BrClF2/c8-5-2-6(10)4(3-9)1-7(5)11/h1-2H,3H2. The molecule has 0 aromatic heterocycles. The van der Waals surface area contributed by atoms with Gasteiger partial charge >= 0.3 is 0 Å². The van der Waals surface area contributed by atoms with Crippen LogP contribution in [0.4, 0.5) is 8.78 Å². The molecule has 0 saturated heterocycles. The van der Waals surface area contributed by atoms with Crippen molar-refractivity contribution in [3.05, 3.63) is 33.8 Å². The molecule has 0 saturated carbocycles. The Hall–Kier alpha value is -0.150. The van der Waals surface area contributed by atoms with Crippen molar-refractivity contribution in [2.75, 3.05) is 0 Å². The fraction of sp³-hybridized carbons (Fsp3) is 0.143. The predicted octanol–water partition coefficient (Wildman–Crippen LogP) is 3.47. The first-order valence-corrected chi connectivity index (χ1v) is 4.17. The van der Waals surface area contributed by atoms with E-state index in [1.807, 2.05) is 0 Å². The Balaban J connectivity index is 3.21. The maximum absolute atomic E-state index is 12.7. The van der Waals surface area contributed by atoms with E-state index in [2.05, 4.69) is 15.9 Å². The summed E-state index contributed by atoms with van der Waals surface area (Å²) in [5, 5.41) is 0. The van der Waals surface area contributed by atoms with Crippen LogP contribution in [0.1, 0.15) is 5.56 Å². The number of hydrogen-bond donors (Lipinski definition) is 0. The molecule has 1 aromatic carbocycles. The Kier molecular flexibility index (Phi) is 2.84. The minimum absolute atomic E-state index is 0.0178. The molecule has 4 heteroatoms. The summed E-state index contributed by atoms with van der Waals surface area (Å²) in [5.41, 5.74) is 0.173. The second-order valence-corrected chi connectivity index (χ2v) is 3.11. The van der Waals surface area contributed by atoms with Crippen LogP contribution < -0.4 is 0 Å². The summed E-state index contributed by atoms with van der Waals surface area (Å²) in [4.78, 5) is 0. The van der Waals surface area contributed by atoms with Crippen LogP contribution in [0, 0.1) is 11.6 Å². The van der Waals surface area contributed by atoms with E-state index in [1.165, 1.54) is 0 Å². The van der Waals surface area contributed by atoms with E-state index in [0.717, 1.165) is 12.1 Å². The van der Waals surface area contributed by atoms with E-state index < -0.39 is 11.6 Å². The SMILES string of the molecule is Fc1cc(CCl)c(F)cc1Br. The Morgan fingerprint density at radius 1 is 1.27 bits per heavy atom. The smallest absolute Gasteiger partial charge is 0.137 e. The molecule has 0 aliphatic heterocycles. The Morgan fingerprint density at radius 2 is 1.91 bits per heavy atom. The highest BCUT2D eigenvalue weighted by Gasteiger charge is 2.06. The molecule has 11 heavy (non-hydrogen) atoms. The second-order valence-electron chi connectivity index (χ2n) is 1.99. The molecule has 0 fully saturated rings. The maximum atomic E-state index is 12.7. The third kappa shape index (κ3) is 1.91. The molecule has 0 unspecified atom stereocenters. The molecule has 0 aliphatic carbocycles. The number of hydrogen-bond acceptors (Lipinski definition) is 0. The molecule has 0 aliphatic rings. The molecule has 0 amide bonds. The molecule has 0 radical (unpaired) electrons. The minimum Gasteiger partial charge on any atom is -0.207 e. The largest absolute Gasteiger partial charge is 0.207 e. The van der Waals surface area contributed by atoms with Crippen LogP contribution in [0.2, 0.25) is 0 Å². The quantitative estimate of drug-likeness (QED) is 0.522. The molecule has 0 spiro atoms. The zero-order valence-electron chi connectivity index (χ0n) is 5.37. The molecule has 0 heterocycles. The first-order valence-electron chi connectivity index (χ1n) is 2.84. The summed E-state index contributed by atoms with van der Waals surface area (Å²) in [6, 6.07) is 2.14. The van der Waals surface area contributed by atoms with E-state index in [1.54, 1.807) is 0 Å². The van der Waals surface area contributed by atoms with Gasteiger partial charge in [-0.3, -0.25) is 0 Å². The summed E-state index contributed by atoms with van der Waals surface area (Å²) >= 11 is 8.19.